The molecule has 0 spiro atoms. The number of rotatable bonds is 7. The second-order valence-corrected chi connectivity index (χ2v) is 10.4. The SMILES string of the molecule is Cc1ccc(-c2noc(C3CC3)n2)cc1S(=O)(=O)NC(C)C(=O)NC1CCCCCC1. The molecular formula is C22H30N4O4S. The van der Waals surface area contributed by atoms with Gasteiger partial charge in [0.25, 0.3) is 0 Å². The maximum absolute atomic E-state index is 13.1. The lowest BCUT2D eigenvalue weighted by atomic mass is 10.1. The van der Waals surface area contributed by atoms with Crippen LogP contribution in [0.15, 0.2) is 27.6 Å². The van der Waals surface area contributed by atoms with E-state index < -0.39 is 16.1 Å². The molecule has 1 amide bonds. The molecule has 4 rings (SSSR count). The molecule has 9 heteroatoms. The van der Waals surface area contributed by atoms with E-state index in [4.69, 9.17) is 4.52 Å². The fourth-order valence-electron chi connectivity index (χ4n) is 3.98. The minimum Gasteiger partial charge on any atom is -0.352 e. The summed E-state index contributed by atoms with van der Waals surface area (Å²) in [4.78, 5) is 17.1. The van der Waals surface area contributed by atoms with Crippen LogP contribution in [-0.4, -0.2) is 36.5 Å². The topological polar surface area (TPSA) is 114 Å². The molecule has 31 heavy (non-hydrogen) atoms. The zero-order valence-electron chi connectivity index (χ0n) is 18.1. The summed E-state index contributed by atoms with van der Waals surface area (Å²) in [6.07, 6.45) is 8.53. The van der Waals surface area contributed by atoms with Crippen LogP contribution in [0, 0.1) is 6.92 Å². The van der Waals surface area contributed by atoms with E-state index in [9.17, 15) is 13.2 Å². The molecule has 168 valence electrons. The second-order valence-electron chi connectivity index (χ2n) is 8.75. The van der Waals surface area contributed by atoms with E-state index in [1.807, 2.05) is 0 Å². The van der Waals surface area contributed by atoms with Gasteiger partial charge in [0.1, 0.15) is 0 Å². The number of nitrogens with one attached hydrogen (secondary N) is 2. The fraction of sp³-hybridized carbons (Fsp3) is 0.591. The number of hydrogen-bond acceptors (Lipinski definition) is 6. The number of carbonyl (C=O) groups excluding carboxylic acids is 1. The van der Waals surface area contributed by atoms with Crippen molar-refractivity contribution in [2.45, 2.75) is 88.1 Å². The van der Waals surface area contributed by atoms with Gasteiger partial charge in [-0.25, -0.2) is 8.42 Å². The fourth-order valence-corrected chi connectivity index (χ4v) is 5.45. The summed E-state index contributed by atoms with van der Waals surface area (Å²) in [5, 5.41) is 7.00. The van der Waals surface area contributed by atoms with Crippen LogP contribution < -0.4 is 10.0 Å². The Balaban J connectivity index is 1.47. The molecule has 2 saturated carbocycles. The highest BCUT2D eigenvalue weighted by molar-refractivity contribution is 7.89. The third-order valence-corrected chi connectivity index (χ3v) is 7.71. The Kier molecular flexibility index (Phi) is 6.43. The first-order chi connectivity index (χ1) is 14.8. The summed E-state index contributed by atoms with van der Waals surface area (Å²) in [5.41, 5.74) is 1.15. The molecule has 2 aliphatic carbocycles. The van der Waals surface area contributed by atoms with Crippen molar-refractivity contribution in [3.05, 3.63) is 29.7 Å². The van der Waals surface area contributed by atoms with Crippen molar-refractivity contribution < 1.29 is 17.7 Å². The van der Waals surface area contributed by atoms with Crippen LogP contribution in [0.25, 0.3) is 11.4 Å². The molecule has 0 bridgehead atoms. The van der Waals surface area contributed by atoms with Gasteiger partial charge >= 0.3 is 0 Å². The van der Waals surface area contributed by atoms with Crippen molar-refractivity contribution in [3.63, 3.8) is 0 Å². The van der Waals surface area contributed by atoms with E-state index in [-0.39, 0.29) is 16.8 Å². The Morgan fingerprint density at radius 1 is 1.13 bits per heavy atom. The number of amides is 1. The highest BCUT2D eigenvalue weighted by Crippen LogP contribution is 2.39. The van der Waals surface area contributed by atoms with E-state index in [0.29, 0.717) is 28.8 Å². The van der Waals surface area contributed by atoms with Crippen LogP contribution in [0.5, 0.6) is 0 Å². The monoisotopic (exact) mass is 446 g/mol. The first-order valence-corrected chi connectivity index (χ1v) is 12.6. The molecule has 0 aliphatic heterocycles. The van der Waals surface area contributed by atoms with Crippen molar-refractivity contribution in [2.24, 2.45) is 0 Å². The summed E-state index contributed by atoms with van der Waals surface area (Å²) in [5.74, 6) is 1.00. The lowest BCUT2D eigenvalue weighted by Crippen LogP contribution is -2.48. The molecule has 2 fully saturated rings. The molecule has 0 radical (unpaired) electrons. The first kappa shape index (κ1) is 22.0. The van der Waals surface area contributed by atoms with Crippen molar-refractivity contribution in [1.29, 1.82) is 0 Å². The van der Waals surface area contributed by atoms with Crippen molar-refractivity contribution >= 4 is 15.9 Å². The zero-order valence-corrected chi connectivity index (χ0v) is 18.9. The van der Waals surface area contributed by atoms with Gasteiger partial charge in [0.15, 0.2) is 0 Å². The van der Waals surface area contributed by atoms with Gasteiger partial charge in [0.2, 0.25) is 27.6 Å². The van der Waals surface area contributed by atoms with Crippen LogP contribution in [0.4, 0.5) is 0 Å². The van der Waals surface area contributed by atoms with Crippen molar-refractivity contribution in [1.82, 2.24) is 20.2 Å². The molecule has 1 heterocycles. The maximum Gasteiger partial charge on any atom is 0.241 e. The van der Waals surface area contributed by atoms with Crippen LogP contribution in [0.3, 0.4) is 0 Å². The Labute approximate surface area is 183 Å². The standard InChI is InChI=1S/C22H30N4O4S/c1-14-9-10-17(20-24-22(30-25-20)16-11-12-16)13-19(14)31(28,29)26-15(2)21(27)23-18-7-5-3-4-6-8-18/h9-10,13,15-16,18,26H,3-8,11-12H2,1-2H3,(H,23,27). The lowest BCUT2D eigenvalue weighted by molar-refractivity contribution is -0.123. The van der Waals surface area contributed by atoms with E-state index >= 15 is 0 Å². The van der Waals surface area contributed by atoms with Crippen LogP contribution >= 0.6 is 0 Å². The summed E-state index contributed by atoms with van der Waals surface area (Å²) in [6.45, 7) is 3.30. The van der Waals surface area contributed by atoms with E-state index in [1.54, 1.807) is 26.0 Å². The maximum atomic E-state index is 13.1. The Hall–Kier alpha value is -2.26. The van der Waals surface area contributed by atoms with Crippen LogP contribution in [0.2, 0.25) is 0 Å². The second kappa shape index (κ2) is 9.08. The summed E-state index contributed by atoms with van der Waals surface area (Å²) < 4.78 is 34.0. The first-order valence-electron chi connectivity index (χ1n) is 11.1. The zero-order chi connectivity index (χ0) is 22.0. The van der Waals surface area contributed by atoms with Gasteiger partial charge in [0.05, 0.1) is 10.9 Å². The van der Waals surface area contributed by atoms with Gasteiger partial charge in [-0.1, -0.05) is 43.0 Å². The number of sulfonamides is 1. The third-order valence-electron chi connectivity index (χ3n) is 6.03. The van der Waals surface area contributed by atoms with Gasteiger partial charge in [-0.05, 0) is 51.2 Å². The van der Waals surface area contributed by atoms with Gasteiger partial charge in [-0.2, -0.15) is 9.71 Å². The predicted molar refractivity (Wildman–Crippen MR) is 116 cm³/mol. The van der Waals surface area contributed by atoms with E-state index in [2.05, 4.69) is 20.2 Å². The minimum absolute atomic E-state index is 0.108. The molecule has 1 unspecified atom stereocenters. The molecule has 2 aromatic rings. The molecule has 1 atom stereocenters. The summed E-state index contributed by atoms with van der Waals surface area (Å²) in [6, 6.07) is 4.27. The van der Waals surface area contributed by atoms with Gasteiger partial charge < -0.3 is 9.84 Å². The Morgan fingerprint density at radius 2 is 1.84 bits per heavy atom. The predicted octanol–water partition coefficient (Wildman–Crippen LogP) is 3.43. The Morgan fingerprint density at radius 3 is 2.52 bits per heavy atom. The van der Waals surface area contributed by atoms with E-state index in [0.717, 1.165) is 38.5 Å². The molecule has 2 aliphatic rings. The number of aromatic nitrogens is 2. The largest absolute Gasteiger partial charge is 0.352 e. The van der Waals surface area contributed by atoms with Gasteiger partial charge in [0, 0.05) is 17.5 Å². The molecule has 1 aromatic heterocycles. The molecule has 1 aromatic carbocycles. The highest BCUT2D eigenvalue weighted by Gasteiger charge is 2.30. The minimum atomic E-state index is -3.91. The molecular weight excluding hydrogens is 416 g/mol. The van der Waals surface area contributed by atoms with Crippen LogP contribution in [-0.2, 0) is 14.8 Å². The van der Waals surface area contributed by atoms with Crippen LogP contribution in [0.1, 0.15) is 75.7 Å². The Bertz CT molecular complexity index is 1040. The number of carbonyl (C=O) groups is 1. The summed E-state index contributed by atoms with van der Waals surface area (Å²) >= 11 is 0. The average Bonchev–Trinajstić information content (AvgIpc) is 3.51. The quantitative estimate of drug-likeness (QED) is 0.630. The highest BCUT2D eigenvalue weighted by atomic mass is 32.2. The third kappa shape index (κ3) is 5.33. The van der Waals surface area contributed by atoms with Crippen molar-refractivity contribution in [3.8, 4) is 11.4 Å². The number of aryl methyl sites for hydroxylation is 1. The molecule has 0 saturated heterocycles. The van der Waals surface area contributed by atoms with Gasteiger partial charge in [-0.3, -0.25) is 4.79 Å². The smallest absolute Gasteiger partial charge is 0.241 e. The number of hydrogen-bond donors (Lipinski definition) is 2. The lowest BCUT2D eigenvalue weighted by Gasteiger charge is -2.20. The average molecular weight is 447 g/mol. The van der Waals surface area contributed by atoms with E-state index in [1.165, 1.54) is 18.9 Å². The normalized spacial score (nSPS) is 19.0. The molecule has 2 N–H and O–H groups in total. The van der Waals surface area contributed by atoms with Crippen molar-refractivity contribution in [2.75, 3.05) is 0 Å². The molecule has 8 nitrogen and oxygen atoms in total. The summed E-state index contributed by atoms with van der Waals surface area (Å²) in [7, 11) is -3.91. The number of nitrogens with zero attached hydrogens (tertiary/aromatic N) is 2. The van der Waals surface area contributed by atoms with Gasteiger partial charge in [-0.15, -0.1) is 0 Å². The number of benzene rings is 1.